The second-order valence-corrected chi connectivity index (χ2v) is 4.42. The lowest BCUT2D eigenvalue weighted by Gasteiger charge is -2.06. The molecule has 0 saturated carbocycles. The van der Waals surface area contributed by atoms with Crippen molar-refractivity contribution in [2.45, 2.75) is 0 Å². The smallest absolute Gasteiger partial charge is 0.328 e. The van der Waals surface area contributed by atoms with Crippen molar-refractivity contribution in [3.05, 3.63) is 54.0 Å². The summed E-state index contributed by atoms with van der Waals surface area (Å²) in [4.78, 5) is 29.6. The van der Waals surface area contributed by atoms with Crippen molar-refractivity contribution in [3.63, 3.8) is 0 Å². The molecule has 0 fully saturated rings. The number of carbonyl (C=O) groups excluding carboxylic acids is 1. The lowest BCUT2D eigenvalue weighted by atomic mass is 10.4. The summed E-state index contributed by atoms with van der Waals surface area (Å²) in [7, 11) is 0. The molecule has 22 heavy (non-hydrogen) atoms. The molecule has 2 N–H and O–H groups in total. The average molecular weight is 320 g/mol. The second kappa shape index (κ2) is 7.19. The number of pyridine rings is 2. The van der Waals surface area contributed by atoms with Crippen LogP contribution >= 0.6 is 11.6 Å². The van der Waals surface area contributed by atoms with Crippen LogP contribution in [0.5, 0.6) is 11.6 Å². The molecular formula is C14H10ClN3O4. The highest BCUT2D eigenvalue weighted by Gasteiger charge is 2.03. The van der Waals surface area contributed by atoms with E-state index in [1.54, 1.807) is 12.1 Å². The third kappa shape index (κ3) is 4.88. The number of hydrogen-bond acceptors (Lipinski definition) is 5. The predicted molar refractivity (Wildman–Crippen MR) is 79.0 cm³/mol. The maximum Gasteiger partial charge on any atom is 0.328 e. The minimum absolute atomic E-state index is 0.295. The minimum Gasteiger partial charge on any atom is -0.478 e. The Labute approximate surface area is 130 Å². The number of carboxylic acids is 1. The third-order valence-electron chi connectivity index (χ3n) is 2.28. The van der Waals surface area contributed by atoms with Crippen LogP contribution in [-0.2, 0) is 9.59 Å². The Morgan fingerprint density at radius 2 is 2.05 bits per heavy atom. The van der Waals surface area contributed by atoms with Gasteiger partial charge in [0.15, 0.2) is 0 Å². The van der Waals surface area contributed by atoms with Gasteiger partial charge in [0, 0.05) is 30.5 Å². The molecule has 8 heteroatoms. The molecule has 0 bridgehead atoms. The summed E-state index contributed by atoms with van der Waals surface area (Å²) in [5.41, 5.74) is 0.400. The van der Waals surface area contributed by atoms with E-state index in [2.05, 4.69) is 15.3 Å². The fourth-order valence-electron chi connectivity index (χ4n) is 1.41. The van der Waals surface area contributed by atoms with Crippen LogP contribution in [0.25, 0.3) is 0 Å². The van der Waals surface area contributed by atoms with E-state index in [0.29, 0.717) is 22.3 Å². The molecule has 0 aliphatic heterocycles. The van der Waals surface area contributed by atoms with Gasteiger partial charge in [0.05, 0.1) is 23.1 Å². The minimum atomic E-state index is -1.20. The molecule has 0 aliphatic rings. The van der Waals surface area contributed by atoms with Crippen LogP contribution in [0.3, 0.4) is 0 Å². The maximum absolute atomic E-state index is 11.4. The Morgan fingerprint density at radius 3 is 2.68 bits per heavy atom. The summed E-state index contributed by atoms with van der Waals surface area (Å²) in [6, 6.07) is 4.69. The summed E-state index contributed by atoms with van der Waals surface area (Å²) in [5, 5.41) is 11.3. The first-order valence-corrected chi connectivity index (χ1v) is 6.37. The Balaban J connectivity index is 1.98. The van der Waals surface area contributed by atoms with E-state index >= 15 is 0 Å². The normalized spacial score (nSPS) is 10.4. The highest BCUT2D eigenvalue weighted by molar-refractivity contribution is 6.30. The van der Waals surface area contributed by atoms with Crippen LogP contribution in [0.4, 0.5) is 5.69 Å². The van der Waals surface area contributed by atoms with E-state index in [0.717, 1.165) is 12.2 Å². The van der Waals surface area contributed by atoms with Crippen LogP contribution in [0.1, 0.15) is 0 Å². The molecule has 0 aliphatic carbocycles. The summed E-state index contributed by atoms with van der Waals surface area (Å²) in [6.45, 7) is 0. The quantitative estimate of drug-likeness (QED) is 0.821. The van der Waals surface area contributed by atoms with E-state index in [-0.39, 0.29) is 0 Å². The Bertz CT molecular complexity index is 716. The van der Waals surface area contributed by atoms with Crippen molar-refractivity contribution in [1.29, 1.82) is 0 Å². The van der Waals surface area contributed by atoms with Crippen molar-refractivity contribution in [2.75, 3.05) is 5.32 Å². The molecule has 0 radical (unpaired) electrons. The van der Waals surface area contributed by atoms with Crippen LogP contribution in [-0.4, -0.2) is 27.0 Å². The largest absolute Gasteiger partial charge is 0.478 e. The first-order chi connectivity index (χ1) is 10.5. The maximum atomic E-state index is 11.4. The van der Waals surface area contributed by atoms with Gasteiger partial charge in [-0.15, -0.1) is 0 Å². The lowest BCUT2D eigenvalue weighted by molar-refractivity contribution is -0.131. The molecule has 0 aromatic carbocycles. The van der Waals surface area contributed by atoms with E-state index in [9.17, 15) is 9.59 Å². The molecule has 0 atom stereocenters. The van der Waals surface area contributed by atoms with Gasteiger partial charge in [0.1, 0.15) is 5.75 Å². The molecule has 1 amide bonds. The number of amides is 1. The van der Waals surface area contributed by atoms with Crippen molar-refractivity contribution < 1.29 is 19.4 Å². The number of halogens is 1. The fourth-order valence-corrected chi connectivity index (χ4v) is 1.58. The van der Waals surface area contributed by atoms with Crippen LogP contribution in [0.15, 0.2) is 48.9 Å². The standard InChI is InChI=1S/C14H10ClN3O4/c15-9-5-11(8-16-6-9)22-13-3-1-10(7-17-13)18-12(19)2-4-14(20)21/h1-8H,(H,18,19)(H,20,21)/b4-2+. The number of carbonyl (C=O) groups is 2. The summed E-state index contributed by atoms with van der Waals surface area (Å²) in [5.74, 6) is -1.05. The predicted octanol–water partition coefficient (Wildman–Crippen LogP) is 2.50. The number of hydrogen-bond donors (Lipinski definition) is 2. The van der Waals surface area contributed by atoms with Crippen molar-refractivity contribution >= 4 is 29.2 Å². The highest BCUT2D eigenvalue weighted by atomic mass is 35.5. The van der Waals surface area contributed by atoms with E-state index < -0.39 is 11.9 Å². The summed E-state index contributed by atoms with van der Waals surface area (Å²) in [6.07, 6.45) is 5.99. The monoisotopic (exact) mass is 319 g/mol. The van der Waals surface area contributed by atoms with Gasteiger partial charge in [-0.25, -0.2) is 9.78 Å². The second-order valence-electron chi connectivity index (χ2n) is 3.99. The number of anilines is 1. The van der Waals surface area contributed by atoms with Gasteiger partial charge in [-0.05, 0) is 6.07 Å². The van der Waals surface area contributed by atoms with E-state index in [1.807, 2.05) is 0 Å². The van der Waals surface area contributed by atoms with Gasteiger partial charge in [0.25, 0.3) is 0 Å². The Morgan fingerprint density at radius 1 is 1.23 bits per heavy atom. The zero-order valence-corrected chi connectivity index (χ0v) is 11.8. The number of aromatic nitrogens is 2. The SMILES string of the molecule is O=C(O)/C=C/C(=O)Nc1ccc(Oc2cncc(Cl)c2)nc1. The molecule has 7 nitrogen and oxygen atoms in total. The fraction of sp³-hybridized carbons (Fsp3) is 0. The van der Waals surface area contributed by atoms with Gasteiger partial charge in [-0.3, -0.25) is 9.78 Å². The molecule has 2 aromatic rings. The van der Waals surface area contributed by atoms with Gasteiger partial charge in [-0.1, -0.05) is 11.6 Å². The molecule has 0 spiro atoms. The Kier molecular flexibility index (Phi) is 5.05. The van der Waals surface area contributed by atoms with Gasteiger partial charge < -0.3 is 15.2 Å². The number of nitrogens with zero attached hydrogens (tertiary/aromatic N) is 2. The van der Waals surface area contributed by atoms with Crippen molar-refractivity contribution in [2.24, 2.45) is 0 Å². The molecular weight excluding hydrogens is 310 g/mol. The summed E-state index contributed by atoms with van der Waals surface area (Å²) >= 11 is 5.79. The number of nitrogens with one attached hydrogen (secondary N) is 1. The summed E-state index contributed by atoms with van der Waals surface area (Å²) < 4.78 is 5.44. The molecule has 0 unspecified atom stereocenters. The molecule has 2 heterocycles. The lowest BCUT2D eigenvalue weighted by Crippen LogP contribution is -2.08. The van der Waals surface area contributed by atoms with Crippen molar-refractivity contribution in [3.8, 4) is 11.6 Å². The van der Waals surface area contributed by atoms with Gasteiger partial charge in [0.2, 0.25) is 11.8 Å². The number of carboxylic acid groups (broad SMARTS) is 1. The number of ether oxygens (including phenoxy) is 1. The topological polar surface area (TPSA) is 101 Å². The van der Waals surface area contributed by atoms with Crippen LogP contribution < -0.4 is 10.1 Å². The first-order valence-electron chi connectivity index (χ1n) is 5.99. The molecule has 112 valence electrons. The van der Waals surface area contributed by atoms with E-state index in [1.165, 1.54) is 24.7 Å². The molecule has 0 saturated heterocycles. The molecule has 2 rings (SSSR count). The van der Waals surface area contributed by atoms with Gasteiger partial charge in [-0.2, -0.15) is 0 Å². The number of aliphatic carboxylic acids is 1. The highest BCUT2D eigenvalue weighted by Crippen LogP contribution is 2.22. The van der Waals surface area contributed by atoms with Gasteiger partial charge >= 0.3 is 5.97 Å². The zero-order valence-electron chi connectivity index (χ0n) is 11.1. The number of rotatable bonds is 5. The third-order valence-corrected chi connectivity index (χ3v) is 2.49. The van der Waals surface area contributed by atoms with E-state index in [4.69, 9.17) is 21.4 Å². The molecule has 2 aromatic heterocycles. The zero-order chi connectivity index (χ0) is 15.9. The Hall–Kier alpha value is -2.93. The van der Waals surface area contributed by atoms with Crippen LogP contribution in [0.2, 0.25) is 5.02 Å². The van der Waals surface area contributed by atoms with Crippen molar-refractivity contribution in [1.82, 2.24) is 9.97 Å². The van der Waals surface area contributed by atoms with Crippen LogP contribution in [0, 0.1) is 0 Å². The first kappa shape index (κ1) is 15.5. The average Bonchev–Trinajstić information content (AvgIpc) is 2.47.